The summed E-state index contributed by atoms with van der Waals surface area (Å²) in [5, 5.41) is 23.9. The molecule has 0 aliphatic rings. The normalized spacial score (nSPS) is 11.0. The molecule has 0 bridgehead atoms. The minimum Gasteiger partial charge on any atom is -0.508 e. The highest BCUT2D eigenvalue weighted by Gasteiger charge is 2.11. The van der Waals surface area contributed by atoms with E-state index in [0.717, 1.165) is 29.8 Å². The third-order valence-corrected chi connectivity index (χ3v) is 4.83. The van der Waals surface area contributed by atoms with E-state index in [9.17, 15) is 10.2 Å². The van der Waals surface area contributed by atoms with Gasteiger partial charge in [0.15, 0.2) is 0 Å². The van der Waals surface area contributed by atoms with Gasteiger partial charge in [-0.1, -0.05) is 39.0 Å². The van der Waals surface area contributed by atoms with Gasteiger partial charge in [0, 0.05) is 11.3 Å². The highest BCUT2D eigenvalue weighted by molar-refractivity contribution is 5.61. The van der Waals surface area contributed by atoms with Gasteiger partial charge < -0.3 is 10.2 Å². The van der Waals surface area contributed by atoms with E-state index in [2.05, 4.69) is 13.0 Å². The molecular formula is C23H28N2O2. The van der Waals surface area contributed by atoms with Crippen LogP contribution >= 0.6 is 0 Å². The SMILES string of the molecule is CCCCCCCCc1cc(-c2ccc(O)cc2)nn1-c1ccc(O)cc1. The smallest absolute Gasteiger partial charge is 0.115 e. The second-order valence-corrected chi connectivity index (χ2v) is 7.01. The minimum absolute atomic E-state index is 0.252. The summed E-state index contributed by atoms with van der Waals surface area (Å²) in [6.07, 6.45) is 8.52. The van der Waals surface area contributed by atoms with Crippen LogP contribution in [0.15, 0.2) is 54.6 Å². The lowest BCUT2D eigenvalue weighted by molar-refractivity contribution is 0.474. The topological polar surface area (TPSA) is 58.3 Å². The maximum Gasteiger partial charge on any atom is 0.115 e. The van der Waals surface area contributed by atoms with Gasteiger partial charge in [-0.2, -0.15) is 5.10 Å². The number of aromatic hydroxyl groups is 2. The van der Waals surface area contributed by atoms with Crippen molar-refractivity contribution in [3.63, 3.8) is 0 Å². The third-order valence-electron chi connectivity index (χ3n) is 4.83. The van der Waals surface area contributed by atoms with E-state index >= 15 is 0 Å². The quantitative estimate of drug-likeness (QED) is 0.468. The van der Waals surface area contributed by atoms with Crippen LogP contribution in [0.2, 0.25) is 0 Å². The second kappa shape index (κ2) is 9.26. The van der Waals surface area contributed by atoms with Crippen LogP contribution in [-0.4, -0.2) is 20.0 Å². The third kappa shape index (κ3) is 5.13. The Balaban J connectivity index is 1.80. The van der Waals surface area contributed by atoms with Gasteiger partial charge in [0.1, 0.15) is 11.5 Å². The van der Waals surface area contributed by atoms with Crippen molar-refractivity contribution in [2.24, 2.45) is 0 Å². The molecule has 0 fully saturated rings. The van der Waals surface area contributed by atoms with Crippen LogP contribution in [0.3, 0.4) is 0 Å². The van der Waals surface area contributed by atoms with Crippen LogP contribution in [0.4, 0.5) is 0 Å². The van der Waals surface area contributed by atoms with Crippen LogP contribution < -0.4 is 0 Å². The molecule has 0 radical (unpaired) electrons. The molecule has 0 spiro atoms. The molecule has 0 aliphatic carbocycles. The summed E-state index contributed by atoms with van der Waals surface area (Å²) in [4.78, 5) is 0. The van der Waals surface area contributed by atoms with E-state index in [1.54, 1.807) is 24.3 Å². The van der Waals surface area contributed by atoms with Crippen LogP contribution in [0.1, 0.15) is 51.1 Å². The zero-order valence-electron chi connectivity index (χ0n) is 15.9. The number of rotatable bonds is 9. The van der Waals surface area contributed by atoms with Crippen LogP contribution in [-0.2, 0) is 6.42 Å². The van der Waals surface area contributed by atoms with Gasteiger partial charge in [-0.3, -0.25) is 0 Å². The molecule has 4 nitrogen and oxygen atoms in total. The van der Waals surface area contributed by atoms with Crippen molar-refractivity contribution in [2.45, 2.75) is 51.9 Å². The Hall–Kier alpha value is -2.75. The number of phenolic OH excluding ortho intramolecular Hbond substituents is 2. The largest absolute Gasteiger partial charge is 0.508 e. The molecule has 142 valence electrons. The first kappa shape index (κ1) is 19.0. The van der Waals surface area contributed by atoms with Gasteiger partial charge >= 0.3 is 0 Å². The van der Waals surface area contributed by atoms with Gasteiger partial charge in [-0.05, 0) is 67.4 Å². The zero-order chi connectivity index (χ0) is 19.1. The van der Waals surface area contributed by atoms with Crippen molar-refractivity contribution in [3.8, 4) is 28.4 Å². The van der Waals surface area contributed by atoms with Crippen molar-refractivity contribution in [1.82, 2.24) is 9.78 Å². The lowest BCUT2D eigenvalue weighted by Gasteiger charge is -2.07. The summed E-state index contributed by atoms with van der Waals surface area (Å²) in [7, 11) is 0. The van der Waals surface area contributed by atoms with Crippen LogP contribution in [0, 0.1) is 0 Å². The molecule has 0 saturated heterocycles. The van der Waals surface area contributed by atoms with Crippen LogP contribution in [0.5, 0.6) is 11.5 Å². The summed E-state index contributed by atoms with van der Waals surface area (Å²) in [5.41, 5.74) is 3.98. The summed E-state index contributed by atoms with van der Waals surface area (Å²) in [5.74, 6) is 0.506. The summed E-state index contributed by atoms with van der Waals surface area (Å²) in [6.45, 7) is 2.24. The highest BCUT2D eigenvalue weighted by Crippen LogP contribution is 2.25. The number of unbranched alkanes of at least 4 members (excludes halogenated alkanes) is 5. The predicted octanol–water partition coefficient (Wildman–Crippen LogP) is 5.85. The molecule has 0 saturated carbocycles. The zero-order valence-corrected chi connectivity index (χ0v) is 15.9. The Morgan fingerprint density at radius 1 is 0.778 bits per heavy atom. The van der Waals surface area contributed by atoms with Crippen molar-refractivity contribution in [3.05, 3.63) is 60.3 Å². The van der Waals surface area contributed by atoms with Crippen LogP contribution in [0.25, 0.3) is 16.9 Å². The molecule has 2 aromatic carbocycles. The summed E-state index contributed by atoms with van der Waals surface area (Å²) in [6, 6.07) is 16.4. The Labute approximate surface area is 161 Å². The first-order valence-corrected chi connectivity index (χ1v) is 9.85. The summed E-state index contributed by atoms with van der Waals surface area (Å²) >= 11 is 0. The maximum absolute atomic E-state index is 9.57. The number of hydrogen-bond acceptors (Lipinski definition) is 3. The van der Waals surface area contributed by atoms with E-state index in [1.165, 1.54) is 37.8 Å². The van der Waals surface area contributed by atoms with Gasteiger partial charge in [0.2, 0.25) is 0 Å². The average molecular weight is 364 g/mol. The number of benzene rings is 2. The van der Waals surface area contributed by atoms with Gasteiger partial charge in [-0.15, -0.1) is 0 Å². The Morgan fingerprint density at radius 2 is 1.37 bits per heavy atom. The molecule has 3 aromatic rings. The number of aromatic nitrogens is 2. The highest BCUT2D eigenvalue weighted by atomic mass is 16.3. The molecule has 0 aliphatic heterocycles. The average Bonchev–Trinajstić information content (AvgIpc) is 3.10. The van der Waals surface area contributed by atoms with Gasteiger partial charge in [-0.25, -0.2) is 4.68 Å². The lowest BCUT2D eigenvalue weighted by Crippen LogP contribution is -2.02. The fraction of sp³-hybridized carbons (Fsp3) is 0.348. The number of nitrogens with zero attached hydrogens (tertiary/aromatic N) is 2. The van der Waals surface area contributed by atoms with E-state index in [-0.39, 0.29) is 11.5 Å². The fourth-order valence-corrected chi connectivity index (χ4v) is 3.27. The van der Waals surface area contributed by atoms with E-state index < -0.39 is 0 Å². The van der Waals surface area contributed by atoms with Gasteiger partial charge in [0.05, 0.1) is 11.4 Å². The molecular weight excluding hydrogens is 336 g/mol. The Bertz CT molecular complexity index is 836. The lowest BCUT2D eigenvalue weighted by atomic mass is 10.1. The standard InChI is InChI=1S/C23H28N2O2/c1-2-3-4-5-6-7-8-20-17-23(18-9-13-21(26)14-10-18)24-25(20)19-11-15-22(27)16-12-19/h9-17,26-27H,2-8H2,1H3. The molecule has 1 aromatic heterocycles. The fourth-order valence-electron chi connectivity index (χ4n) is 3.27. The molecule has 3 rings (SSSR count). The molecule has 0 amide bonds. The minimum atomic E-state index is 0.252. The van der Waals surface area contributed by atoms with E-state index in [1.807, 2.05) is 28.9 Å². The molecule has 0 unspecified atom stereocenters. The number of aryl methyl sites for hydroxylation is 1. The van der Waals surface area contributed by atoms with E-state index in [0.29, 0.717) is 0 Å². The molecule has 2 N–H and O–H groups in total. The Kier molecular flexibility index (Phi) is 6.53. The van der Waals surface area contributed by atoms with Crippen molar-refractivity contribution in [2.75, 3.05) is 0 Å². The first-order chi connectivity index (χ1) is 13.2. The predicted molar refractivity (Wildman–Crippen MR) is 109 cm³/mol. The molecule has 27 heavy (non-hydrogen) atoms. The van der Waals surface area contributed by atoms with Crippen molar-refractivity contribution < 1.29 is 10.2 Å². The number of phenols is 2. The van der Waals surface area contributed by atoms with E-state index in [4.69, 9.17) is 5.10 Å². The molecule has 0 atom stereocenters. The maximum atomic E-state index is 9.57. The van der Waals surface area contributed by atoms with Crippen molar-refractivity contribution >= 4 is 0 Å². The van der Waals surface area contributed by atoms with Gasteiger partial charge in [0.25, 0.3) is 0 Å². The monoisotopic (exact) mass is 364 g/mol. The second-order valence-electron chi connectivity index (χ2n) is 7.01. The number of hydrogen-bond donors (Lipinski definition) is 2. The first-order valence-electron chi connectivity index (χ1n) is 9.85. The molecule has 4 heteroatoms. The van der Waals surface area contributed by atoms with Crippen molar-refractivity contribution in [1.29, 1.82) is 0 Å². The Morgan fingerprint density at radius 3 is 2.04 bits per heavy atom. The molecule has 1 heterocycles. The summed E-state index contributed by atoms with van der Waals surface area (Å²) < 4.78 is 1.97.